The van der Waals surface area contributed by atoms with Crippen molar-refractivity contribution in [3.8, 4) is 5.69 Å². The van der Waals surface area contributed by atoms with E-state index in [0.717, 1.165) is 29.0 Å². The smallest absolute Gasteiger partial charge is 0.416 e. The number of hydrogen-bond acceptors (Lipinski definition) is 5. The first kappa shape index (κ1) is 27.5. The molecule has 0 fully saturated rings. The van der Waals surface area contributed by atoms with Gasteiger partial charge in [0.05, 0.1) is 28.7 Å². The third-order valence-electron chi connectivity index (χ3n) is 6.94. The summed E-state index contributed by atoms with van der Waals surface area (Å²) >= 11 is 0. The molecule has 0 saturated carbocycles. The van der Waals surface area contributed by atoms with Crippen LogP contribution in [0.3, 0.4) is 0 Å². The van der Waals surface area contributed by atoms with Gasteiger partial charge in [0.25, 0.3) is 0 Å². The fourth-order valence-electron chi connectivity index (χ4n) is 5.11. The lowest BCUT2D eigenvalue weighted by atomic mass is 9.96. The summed E-state index contributed by atoms with van der Waals surface area (Å²) in [7, 11) is 0. The Kier molecular flexibility index (Phi) is 7.24. The second-order valence-electron chi connectivity index (χ2n) is 10.9. The van der Waals surface area contributed by atoms with Crippen LogP contribution >= 0.6 is 0 Å². The molecule has 2 aromatic carbocycles. The normalized spacial score (nSPS) is 17.2. The molecular formula is C29H31F3N4O4. The van der Waals surface area contributed by atoms with Gasteiger partial charge < -0.3 is 14.4 Å². The Bertz CT molecular complexity index is 1380. The molecule has 1 atom stereocenters. The molecule has 2 amide bonds. The van der Waals surface area contributed by atoms with Crippen LogP contribution in [0.25, 0.3) is 5.69 Å². The van der Waals surface area contributed by atoms with Gasteiger partial charge in [0.15, 0.2) is 0 Å². The molecule has 8 nitrogen and oxygen atoms in total. The number of nitrogens with zero attached hydrogens (tertiary/aromatic N) is 4. The molecule has 2 aliphatic rings. The minimum absolute atomic E-state index is 0.118. The van der Waals surface area contributed by atoms with Gasteiger partial charge in [0.1, 0.15) is 12.2 Å². The Labute approximate surface area is 230 Å². The van der Waals surface area contributed by atoms with E-state index < -0.39 is 35.6 Å². The van der Waals surface area contributed by atoms with Gasteiger partial charge in [0.2, 0.25) is 0 Å². The van der Waals surface area contributed by atoms with E-state index in [1.807, 2.05) is 30.3 Å². The first-order valence-electron chi connectivity index (χ1n) is 13.1. The summed E-state index contributed by atoms with van der Waals surface area (Å²) in [6.07, 6.45) is -4.62. The molecule has 212 valence electrons. The maximum absolute atomic E-state index is 13.3. The third-order valence-corrected chi connectivity index (χ3v) is 6.94. The molecule has 40 heavy (non-hydrogen) atoms. The number of carbonyl (C=O) groups excluding carboxylic acids is 2. The van der Waals surface area contributed by atoms with E-state index >= 15 is 0 Å². The highest BCUT2D eigenvalue weighted by Crippen LogP contribution is 2.38. The van der Waals surface area contributed by atoms with Gasteiger partial charge >= 0.3 is 18.4 Å². The number of alkyl halides is 3. The van der Waals surface area contributed by atoms with Crippen molar-refractivity contribution < 1.29 is 32.2 Å². The van der Waals surface area contributed by atoms with Crippen LogP contribution in [0, 0.1) is 0 Å². The summed E-state index contributed by atoms with van der Waals surface area (Å²) in [6, 6.07) is 13.7. The van der Waals surface area contributed by atoms with E-state index in [1.165, 1.54) is 12.1 Å². The molecule has 5 rings (SSSR count). The van der Waals surface area contributed by atoms with Crippen molar-refractivity contribution in [2.75, 3.05) is 19.6 Å². The van der Waals surface area contributed by atoms with Crippen LogP contribution in [-0.2, 0) is 35.1 Å². The monoisotopic (exact) mass is 556 g/mol. The molecule has 0 saturated heterocycles. The molecular weight excluding hydrogens is 525 g/mol. The molecule has 0 radical (unpaired) electrons. The van der Waals surface area contributed by atoms with Crippen LogP contribution in [0.5, 0.6) is 0 Å². The number of benzene rings is 2. The number of halogens is 3. The average Bonchev–Trinajstić information content (AvgIpc) is 3.16. The lowest BCUT2D eigenvalue weighted by Crippen LogP contribution is -2.47. The van der Waals surface area contributed by atoms with Crippen molar-refractivity contribution in [3.63, 3.8) is 0 Å². The Morgan fingerprint density at radius 3 is 2.30 bits per heavy atom. The molecule has 3 aromatic rings. The van der Waals surface area contributed by atoms with Gasteiger partial charge in [0, 0.05) is 38.0 Å². The second kappa shape index (κ2) is 10.5. The number of aromatic nitrogens is 2. The Morgan fingerprint density at radius 2 is 1.65 bits per heavy atom. The Morgan fingerprint density at radius 1 is 0.950 bits per heavy atom. The first-order valence-corrected chi connectivity index (χ1v) is 13.1. The van der Waals surface area contributed by atoms with Crippen molar-refractivity contribution >= 4 is 12.2 Å². The van der Waals surface area contributed by atoms with Crippen molar-refractivity contribution in [2.24, 2.45) is 0 Å². The average molecular weight is 557 g/mol. The molecule has 1 unspecified atom stereocenters. The maximum atomic E-state index is 13.3. The van der Waals surface area contributed by atoms with Crippen LogP contribution in [-0.4, -0.2) is 57.0 Å². The van der Waals surface area contributed by atoms with Crippen molar-refractivity contribution in [1.29, 1.82) is 0 Å². The van der Waals surface area contributed by atoms with Crippen LogP contribution in [0.1, 0.15) is 54.9 Å². The maximum Gasteiger partial charge on any atom is 0.416 e. The van der Waals surface area contributed by atoms with Gasteiger partial charge in [-0.1, -0.05) is 30.3 Å². The van der Waals surface area contributed by atoms with E-state index in [2.05, 4.69) is 0 Å². The molecule has 0 aliphatic carbocycles. The molecule has 0 bridgehead atoms. The number of hydrogen-bond donors (Lipinski definition) is 0. The summed E-state index contributed by atoms with van der Waals surface area (Å²) in [6.45, 7) is 6.25. The molecule has 11 heteroatoms. The summed E-state index contributed by atoms with van der Waals surface area (Å²) in [5.74, 6) is 0. The Balaban J connectivity index is 1.46. The molecule has 1 aromatic heterocycles. The lowest BCUT2D eigenvalue weighted by molar-refractivity contribution is -0.137. The number of ether oxygens (including phenoxy) is 2. The zero-order chi connectivity index (χ0) is 28.7. The third kappa shape index (κ3) is 5.78. The quantitative estimate of drug-likeness (QED) is 0.400. The summed E-state index contributed by atoms with van der Waals surface area (Å²) in [5.41, 5.74) is 2.19. The van der Waals surface area contributed by atoms with E-state index in [0.29, 0.717) is 37.3 Å². The topological polar surface area (TPSA) is 76.9 Å². The zero-order valence-corrected chi connectivity index (χ0v) is 22.6. The van der Waals surface area contributed by atoms with Crippen LogP contribution in [0.15, 0.2) is 54.6 Å². The predicted molar refractivity (Wildman–Crippen MR) is 140 cm³/mol. The number of amides is 2. The van der Waals surface area contributed by atoms with E-state index in [4.69, 9.17) is 14.6 Å². The molecule has 2 aliphatic heterocycles. The van der Waals surface area contributed by atoms with Gasteiger partial charge in [-0.15, -0.1) is 0 Å². The van der Waals surface area contributed by atoms with Gasteiger partial charge in [-0.05, 0) is 50.6 Å². The lowest BCUT2D eigenvalue weighted by Gasteiger charge is -2.38. The summed E-state index contributed by atoms with van der Waals surface area (Å²) < 4.78 is 52.3. The van der Waals surface area contributed by atoms with Crippen molar-refractivity contribution in [2.45, 2.75) is 58.0 Å². The highest BCUT2D eigenvalue weighted by Gasteiger charge is 2.42. The summed E-state index contributed by atoms with van der Waals surface area (Å²) in [4.78, 5) is 29.6. The van der Waals surface area contributed by atoms with Gasteiger partial charge in [-0.2, -0.15) is 18.3 Å². The van der Waals surface area contributed by atoms with Crippen LogP contribution in [0.2, 0.25) is 0 Å². The number of rotatable bonds is 3. The first-order chi connectivity index (χ1) is 18.9. The SMILES string of the molecule is CC(C)(C)OC(=O)N1CCc2c3c(nn2-c2ccc(C(F)(F)F)cc2)CCN(C(=O)OCc2ccccc2)CC31. The van der Waals surface area contributed by atoms with Crippen molar-refractivity contribution in [3.05, 3.63) is 82.7 Å². The van der Waals surface area contributed by atoms with Crippen LogP contribution in [0.4, 0.5) is 22.8 Å². The molecule has 0 N–H and O–H groups in total. The molecule has 0 spiro atoms. The Hall–Kier alpha value is -4.02. The minimum Gasteiger partial charge on any atom is -0.445 e. The summed E-state index contributed by atoms with van der Waals surface area (Å²) in [5, 5.41) is 4.77. The van der Waals surface area contributed by atoms with E-state index in [9.17, 15) is 22.8 Å². The highest BCUT2D eigenvalue weighted by molar-refractivity contribution is 5.71. The predicted octanol–water partition coefficient (Wildman–Crippen LogP) is 5.92. The van der Waals surface area contributed by atoms with Gasteiger partial charge in [-0.25, -0.2) is 14.3 Å². The zero-order valence-electron chi connectivity index (χ0n) is 22.6. The van der Waals surface area contributed by atoms with E-state index in [1.54, 1.807) is 35.3 Å². The molecule has 3 heterocycles. The standard InChI is InChI=1S/C29H31F3N4O4/c1-28(2,3)40-27(38)35-16-14-23-25-22(33-36(23)21-11-9-20(10-12-21)29(30,31)32)13-15-34(17-24(25)35)26(37)39-18-19-7-5-4-6-8-19/h4-12,24H,13-18H2,1-3H3. The fraction of sp³-hybridized carbons (Fsp3) is 0.414. The number of carbonyl (C=O) groups is 2. The van der Waals surface area contributed by atoms with Crippen molar-refractivity contribution in [1.82, 2.24) is 19.6 Å². The largest absolute Gasteiger partial charge is 0.445 e. The second-order valence-corrected chi connectivity index (χ2v) is 10.9. The highest BCUT2D eigenvalue weighted by atomic mass is 19.4. The fourth-order valence-corrected chi connectivity index (χ4v) is 5.11. The minimum atomic E-state index is -4.44. The van der Waals surface area contributed by atoms with E-state index in [-0.39, 0.29) is 13.2 Å². The van der Waals surface area contributed by atoms with Crippen LogP contribution < -0.4 is 0 Å². The van der Waals surface area contributed by atoms with Gasteiger partial charge in [-0.3, -0.25) is 4.90 Å².